The molecule has 1 N–H and O–H groups in total. The summed E-state index contributed by atoms with van der Waals surface area (Å²) in [6.07, 6.45) is 6.49. The van der Waals surface area contributed by atoms with E-state index in [0.717, 1.165) is 5.56 Å². The van der Waals surface area contributed by atoms with Crippen molar-refractivity contribution in [3.63, 3.8) is 0 Å². The van der Waals surface area contributed by atoms with Crippen molar-refractivity contribution in [1.29, 1.82) is 0 Å². The number of nitrogens with zero attached hydrogens (tertiary/aromatic N) is 1. The second kappa shape index (κ2) is 5.66. The summed E-state index contributed by atoms with van der Waals surface area (Å²) in [6, 6.07) is 5.27. The average Bonchev–Trinajstić information content (AvgIpc) is 2.77. The number of benzene rings is 1. The molecule has 0 aromatic heterocycles. The molecule has 1 aliphatic heterocycles. The first-order valence-corrected chi connectivity index (χ1v) is 6.24. The van der Waals surface area contributed by atoms with Crippen LogP contribution in [0.4, 0.5) is 0 Å². The lowest BCUT2D eigenvalue weighted by molar-refractivity contribution is -0.127. The second-order valence-corrected chi connectivity index (χ2v) is 4.66. The molecule has 2 rings (SSSR count). The van der Waals surface area contributed by atoms with Crippen molar-refractivity contribution in [2.24, 2.45) is 5.92 Å². The van der Waals surface area contributed by atoms with Gasteiger partial charge in [-0.2, -0.15) is 0 Å². The Labute approximate surface area is 113 Å². The summed E-state index contributed by atoms with van der Waals surface area (Å²) >= 11 is 0. The van der Waals surface area contributed by atoms with Gasteiger partial charge in [0, 0.05) is 25.4 Å². The summed E-state index contributed by atoms with van der Waals surface area (Å²) in [5, 5.41) is 9.68. The number of hydrogen-bond donors (Lipinski definition) is 1. The lowest BCUT2D eigenvalue weighted by Crippen LogP contribution is -2.27. The van der Waals surface area contributed by atoms with Crippen LogP contribution in [-0.4, -0.2) is 36.1 Å². The largest absolute Gasteiger partial charge is 0.504 e. The second-order valence-electron chi connectivity index (χ2n) is 4.66. The molecule has 0 radical (unpaired) electrons. The maximum atomic E-state index is 11.7. The van der Waals surface area contributed by atoms with Gasteiger partial charge in [0.2, 0.25) is 5.91 Å². The van der Waals surface area contributed by atoms with Gasteiger partial charge >= 0.3 is 0 Å². The first-order chi connectivity index (χ1) is 9.13. The molecule has 1 aromatic rings. The summed E-state index contributed by atoms with van der Waals surface area (Å²) in [5.41, 5.74) is 0.968. The van der Waals surface area contributed by atoms with Gasteiger partial charge in [-0.1, -0.05) is 6.07 Å². The molecule has 1 aromatic carbocycles. The minimum atomic E-state index is 0.0387. The maximum absolute atomic E-state index is 11.7. The highest BCUT2D eigenvalue weighted by molar-refractivity contribution is 5.79. The molecule has 4 nitrogen and oxygen atoms in total. The van der Waals surface area contributed by atoms with Gasteiger partial charge < -0.3 is 14.7 Å². The number of carbonyl (C=O) groups excluding carboxylic acids is 1. The molecule has 4 heteroatoms. The molecule has 0 aliphatic carbocycles. The molecule has 1 aliphatic rings. The summed E-state index contributed by atoms with van der Waals surface area (Å²) in [7, 11) is 1.51. The van der Waals surface area contributed by atoms with Crippen molar-refractivity contribution in [3.05, 3.63) is 23.8 Å². The van der Waals surface area contributed by atoms with E-state index in [1.165, 1.54) is 7.11 Å². The third kappa shape index (κ3) is 3.00. The van der Waals surface area contributed by atoms with E-state index >= 15 is 0 Å². The Kier molecular flexibility index (Phi) is 3.96. The zero-order valence-electron chi connectivity index (χ0n) is 10.9. The van der Waals surface area contributed by atoms with Gasteiger partial charge in [-0.25, -0.2) is 0 Å². The van der Waals surface area contributed by atoms with E-state index in [1.807, 2.05) is 6.07 Å². The predicted octanol–water partition coefficient (Wildman–Crippen LogP) is 1.43. The summed E-state index contributed by atoms with van der Waals surface area (Å²) in [5.74, 6) is 3.35. The molecule has 100 valence electrons. The lowest BCUT2D eigenvalue weighted by Gasteiger charge is -2.16. The molecular formula is C15H17NO3. The van der Waals surface area contributed by atoms with Crippen molar-refractivity contribution in [3.8, 4) is 23.8 Å². The standard InChI is InChI=1S/C15H17NO3/c1-3-11-9-15(18)16(10-11)7-6-12-4-5-14(19-2)13(17)8-12/h1,4-5,8,11,17H,6-7,9-10H2,2H3. The van der Waals surface area contributed by atoms with Crippen molar-refractivity contribution in [1.82, 2.24) is 4.90 Å². The summed E-state index contributed by atoms with van der Waals surface area (Å²) in [4.78, 5) is 13.5. The number of hydrogen-bond acceptors (Lipinski definition) is 3. The predicted molar refractivity (Wildman–Crippen MR) is 71.9 cm³/mol. The third-order valence-electron chi connectivity index (χ3n) is 3.36. The van der Waals surface area contributed by atoms with Crippen LogP contribution in [0, 0.1) is 18.3 Å². The Morgan fingerprint density at radius 1 is 1.58 bits per heavy atom. The maximum Gasteiger partial charge on any atom is 0.223 e. The normalized spacial score (nSPS) is 18.4. The highest BCUT2D eigenvalue weighted by Crippen LogP contribution is 2.26. The molecule has 0 saturated carbocycles. The molecule has 1 amide bonds. The van der Waals surface area contributed by atoms with Crippen molar-refractivity contribution >= 4 is 5.91 Å². The minimum absolute atomic E-state index is 0.0387. The summed E-state index contributed by atoms with van der Waals surface area (Å²) in [6.45, 7) is 1.26. The van der Waals surface area contributed by atoms with Gasteiger partial charge in [0.25, 0.3) is 0 Å². The van der Waals surface area contributed by atoms with Crippen LogP contribution in [0.5, 0.6) is 11.5 Å². The molecule has 1 unspecified atom stereocenters. The van der Waals surface area contributed by atoms with Gasteiger partial charge in [-0.05, 0) is 24.1 Å². The number of aromatic hydroxyl groups is 1. The van der Waals surface area contributed by atoms with Crippen molar-refractivity contribution in [2.75, 3.05) is 20.2 Å². The molecule has 1 fully saturated rings. The highest BCUT2D eigenvalue weighted by Gasteiger charge is 2.27. The zero-order chi connectivity index (χ0) is 13.8. The zero-order valence-corrected chi connectivity index (χ0v) is 10.9. The summed E-state index contributed by atoms with van der Waals surface area (Å²) < 4.78 is 4.99. The number of likely N-dealkylation sites (tertiary alicyclic amines) is 1. The Hall–Kier alpha value is -2.15. The first-order valence-electron chi connectivity index (χ1n) is 6.24. The average molecular weight is 259 g/mol. The van der Waals surface area contributed by atoms with E-state index in [0.29, 0.717) is 31.7 Å². The lowest BCUT2D eigenvalue weighted by atomic mass is 10.1. The van der Waals surface area contributed by atoms with Crippen LogP contribution in [0.2, 0.25) is 0 Å². The number of phenolic OH excluding ortho intramolecular Hbond substituents is 1. The van der Waals surface area contributed by atoms with Crippen LogP contribution in [0.15, 0.2) is 18.2 Å². The fraction of sp³-hybridized carbons (Fsp3) is 0.400. The van der Waals surface area contributed by atoms with Crippen LogP contribution >= 0.6 is 0 Å². The van der Waals surface area contributed by atoms with Crippen LogP contribution in [0.1, 0.15) is 12.0 Å². The topological polar surface area (TPSA) is 49.8 Å². The molecule has 1 heterocycles. The Morgan fingerprint density at radius 2 is 2.37 bits per heavy atom. The third-order valence-corrected chi connectivity index (χ3v) is 3.36. The molecule has 19 heavy (non-hydrogen) atoms. The van der Waals surface area contributed by atoms with E-state index in [-0.39, 0.29) is 17.6 Å². The number of ether oxygens (including phenoxy) is 1. The van der Waals surface area contributed by atoms with Gasteiger partial charge in [0.1, 0.15) is 0 Å². The number of methoxy groups -OCH3 is 1. The number of rotatable bonds is 4. The van der Waals surface area contributed by atoms with E-state index in [9.17, 15) is 9.90 Å². The van der Waals surface area contributed by atoms with Gasteiger partial charge in [0.05, 0.1) is 7.11 Å². The molecule has 1 saturated heterocycles. The Bertz CT molecular complexity index is 519. The number of amides is 1. The van der Waals surface area contributed by atoms with Crippen LogP contribution < -0.4 is 4.74 Å². The fourth-order valence-electron chi connectivity index (χ4n) is 2.26. The van der Waals surface area contributed by atoms with Gasteiger partial charge in [-0.3, -0.25) is 4.79 Å². The van der Waals surface area contributed by atoms with Gasteiger partial charge in [0.15, 0.2) is 11.5 Å². The van der Waals surface area contributed by atoms with E-state index in [2.05, 4.69) is 5.92 Å². The Balaban J connectivity index is 1.94. The Morgan fingerprint density at radius 3 is 2.95 bits per heavy atom. The number of phenols is 1. The smallest absolute Gasteiger partial charge is 0.223 e. The van der Waals surface area contributed by atoms with Crippen LogP contribution in [-0.2, 0) is 11.2 Å². The number of carbonyl (C=O) groups is 1. The van der Waals surface area contributed by atoms with Crippen molar-refractivity contribution in [2.45, 2.75) is 12.8 Å². The van der Waals surface area contributed by atoms with Crippen molar-refractivity contribution < 1.29 is 14.6 Å². The van der Waals surface area contributed by atoms with E-state index < -0.39 is 0 Å². The first kappa shape index (κ1) is 13.3. The monoisotopic (exact) mass is 259 g/mol. The SMILES string of the molecule is C#CC1CC(=O)N(CCc2ccc(OC)c(O)c2)C1. The highest BCUT2D eigenvalue weighted by atomic mass is 16.5. The van der Waals surface area contributed by atoms with E-state index in [4.69, 9.17) is 11.2 Å². The molecular weight excluding hydrogens is 242 g/mol. The van der Waals surface area contributed by atoms with Gasteiger partial charge in [-0.15, -0.1) is 12.3 Å². The molecule has 0 spiro atoms. The molecule has 0 bridgehead atoms. The number of terminal acetylenes is 1. The minimum Gasteiger partial charge on any atom is -0.504 e. The molecule has 1 atom stereocenters. The van der Waals surface area contributed by atoms with Crippen LogP contribution in [0.25, 0.3) is 0 Å². The fourth-order valence-corrected chi connectivity index (χ4v) is 2.26. The van der Waals surface area contributed by atoms with Crippen LogP contribution in [0.3, 0.4) is 0 Å². The quantitative estimate of drug-likeness (QED) is 0.832. The van der Waals surface area contributed by atoms with E-state index in [1.54, 1.807) is 17.0 Å².